The van der Waals surface area contributed by atoms with Gasteiger partial charge in [0.15, 0.2) is 0 Å². The van der Waals surface area contributed by atoms with Gasteiger partial charge in [-0.1, -0.05) is 72.8 Å². The molecule has 1 atom stereocenters. The molecule has 1 amide bonds. The lowest BCUT2D eigenvalue weighted by molar-refractivity contribution is -0.137. The topological polar surface area (TPSA) is 69.7 Å². The van der Waals surface area contributed by atoms with Crippen LogP contribution in [-0.2, 0) is 40.5 Å². The molecule has 5 rings (SSSR count). The quantitative estimate of drug-likeness (QED) is 0.278. The maximum atomic E-state index is 13.9. The summed E-state index contributed by atoms with van der Waals surface area (Å²) < 4.78 is 69.7. The predicted octanol–water partition coefficient (Wildman–Crippen LogP) is 5.87. The monoisotopic (exact) mass is 593 g/mol. The number of rotatable bonds is 8. The lowest BCUT2D eigenvalue weighted by atomic mass is 9.99. The number of alkyl halides is 3. The highest BCUT2D eigenvalue weighted by molar-refractivity contribution is 7.93. The summed E-state index contributed by atoms with van der Waals surface area (Å²) >= 11 is 0. The van der Waals surface area contributed by atoms with Crippen LogP contribution in [0, 0.1) is 0 Å². The van der Waals surface area contributed by atoms with E-state index in [9.17, 15) is 26.4 Å². The van der Waals surface area contributed by atoms with Gasteiger partial charge in [-0.05, 0) is 66.2 Å². The molecule has 0 aliphatic carbocycles. The molecule has 1 aliphatic heterocycles. The average Bonchev–Trinajstić information content (AvgIpc) is 3.37. The van der Waals surface area contributed by atoms with E-state index in [1.54, 1.807) is 24.3 Å². The Bertz CT molecular complexity index is 1690. The van der Waals surface area contributed by atoms with Crippen molar-refractivity contribution < 1.29 is 26.4 Å². The Kier molecular flexibility index (Phi) is 8.12. The number of anilines is 1. The summed E-state index contributed by atoms with van der Waals surface area (Å²) in [5.41, 5.74) is 2.50. The first-order valence-electron chi connectivity index (χ1n) is 13.3. The van der Waals surface area contributed by atoms with E-state index < -0.39 is 33.7 Å². The number of carbonyl (C=O) groups is 1. The van der Waals surface area contributed by atoms with Crippen molar-refractivity contribution in [1.29, 1.82) is 0 Å². The minimum atomic E-state index is -4.56. The number of hydrogen-bond donors (Lipinski definition) is 1. The van der Waals surface area contributed by atoms with Crippen molar-refractivity contribution in [2.24, 2.45) is 0 Å². The zero-order valence-electron chi connectivity index (χ0n) is 23.1. The maximum absolute atomic E-state index is 13.9. The van der Waals surface area contributed by atoms with E-state index in [4.69, 9.17) is 0 Å². The molecular formula is C32H30F3N3O3S. The number of amides is 1. The zero-order valence-corrected chi connectivity index (χ0v) is 23.9. The molecule has 4 aromatic carbocycles. The Morgan fingerprint density at radius 1 is 0.881 bits per heavy atom. The van der Waals surface area contributed by atoms with Gasteiger partial charge >= 0.3 is 6.18 Å². The molecule has 0 unspecified atom stereocenters. The summed E-state index contributed by atoms with van der Waals surface area (Å²) in [6, 6.07) is 24.1. The SMILES string of the molecule is CN(C)Cc1ccc(CNC(=O)[C@@H]2Cc3ccccc3N2S(=O)(=O)c2ccc(-c3ccccc3C(F)(F)F)cc2)cc1. The van der Waals surface area contributed by atoms with Crippen LogP contribution in [0.15, 0.2) is 102 Å². The molecule has 0 spiro atoms. The average molecular weight is 594 g/mol. The maximum Gasteiger partial charge on any atom is 0.417 e. The van der Waals surface area contributed by atoms with Crippen molar-refractivity contribution in [3.63, 3.8) is 0 Å². The number of nitrogens with one attached hydrogen (secondary N) is 1. The highest BCUT2D eigenvalue weighted by Gasteiger charge is 2.42. The van der Waals surface area contributed by atoms with Gasteiger partial charge in [0.05, 0.1) is 16.1 Å². The van der Waals surface area contributed by atoms with Crippen LogP contribution >= 0.6 is 0 Å². The second-order valence-electron chi connectivity index (χ2n) is 10.5. The van der Waals surface area contributed by atoms with Gasteiger partial charge in [0, 0.05) is 19.5 Å². The van der Waals surface area contributed by atoms with E-state index in [0.29, 0.717) is 11.3 Å². The molecular weight excluding hydrogens is 563 g/mol. The lowest BCUT2D eigenvalue weighted by Gasteiger charge is -2.26. The van der Waals surface area contributed by atoms with Gasteiger partial charge in [-0.3, -0.25) is 9.10 Å². The van der Waals surface area contributed by atoms with E-state index in [2.05, 4.69) is 10.2 Å². The van der Waals surface area contributed by atoms with E-state index in [0.717, 1.165) is 28.0 Å². The summed E-state index contributed by atoms with van der Waals surface area (Å²) in [4.78, 5) is 15.4. The van der Waals surface area contributed by atoms with Crippen LogP contribution in [0.1, 0.15) is 22.3 Å². The normalized spacial score (nSPS) is 15.1. The predicted molar refractivity (Wildman–Crippen MR) is 156 cm³/mol. The fourth-order valence-corrected chi connectivity index (χ4v) is 6.84. The van der Waals surface area contributed by atoms with Crippen LogP contribution in [0.4, 0.5) is 18.9 Å². The Hall–Kier alpha value is -4.15. The van der Waals surface area contributed by atoms with Crippen molar-refractivity contribution in [3.8, 4) is 11.1 Å². The standard InChI is InChI=1S/C32H30F3N3O3S/c1-37(2)21-23-13-11-22(12-14-23)20-36-31(39)30-19-25-7-3-6-10-29(25)38(30)42(40,41)26-17-15-24(16-18-26)27-8-4-5-9-28(27)32(33,34)35/h3-18,30H,19-21H2,1-2H3,(H,36,39)/t30-/m0/s1. The number of carbonyl (C=O) groups excluding carboxylic acids is 1. The van der Waals surface area contributed by atoms with Gasteiger partial charge in [-0.25, -0.2) is 8.42 Å². The highest BCUT2D eigenvalue weighted by Crippen LogP contribution is 2.39. The van der Waals surface area contributed by atoms with Crippen LogP contribution in [-0.4, -0.2) is 39.4 Å². The van der Waals surface area contributed by atoms with Crippen molar-refractivity contribution >= 4 is 21.6 Å². The van der Waals surface area contributed by atoms with Gasteiger partial charge < -0.3 is 10.2 Å². The highest BCUT2D eigenvalue weighted by atomic mass is 32.2. The molecule has 0 radical (unpaired) electrons. The molecule has 6 nitrogen and oxygen atoms in total. The Labute approximate surface area is 243 Å². The molecule has 42 heavy (non-hydrogen) atoms. The minimum Gasteiger partial charge on any atom is -0.350 e. The van der Waals surface area contributed by atoms with Crippen LogP contribution in [0.5, 0.6) is 0 Å². The molecule has 0 bridgehead atoms. The molecule has 1 N–H and O–H groups in total. The zero-order chi connectivity index (χ0) is 30.1. The van der Waals surface area contributed by atoms with Gasteiger partial charge in [-0.15, -0.1) is 0 Å². The summed E-state index contributed by atoms with van der Waals surface area (Å²) in [5, 5.41) is 2.88. The fourth-order valence-electron chi connectivity index (χ4n) is 5.19. The second-order valence-corrected chi connectivity index (χ2v) is 12.3. The molecule has 1 heterocycles. The Morgan fingerprint density at radius 2 is 1.50 bits per heavy atom. The number of sulfonamides is 1. The Balaban J connectivity index is 1.40. The largest absolute Gasteiger partial charge is 0.417 e. The molecule has 0 aromatic heterocycles. The van der Waals surface area contributed by atoms with E-state index in [1.807, 2.05) is 38.4 Å². The van der Waals surface area contributed by atoms with Crippen molar-refractivity contribution in [1.82, 2.24) is 10.2 Å². The van der Waals surface area contributed by atoms with Gasteiger partial charge in [0.1, 0.15) is 6.04 Å². The van der Waals surface area contributed by atoms with Gasteiger partial charge in [0.25, 0.3) is 10.0 Å². The third-order valence-electron chi connectivity index (χ3n) is 7.17. The summed E-state index contributed by atoms with van der Waals surface area (Å²) in [5.74, 6) is -0.442. The number of hydrogen-bond acceptors (Lipinski definition) is 4. The molecule has 1 aliphatic rings. The number of halogens is 3. The van der Waals surface area contributed by atoms with Crippen molar-refractivity contribution in [2.75, 3.05) is 18.4 Å². The van der Waals surface area contributed by atoms with Crippen LogP contribution in [0.25, 0.3) is 11.1 Å². The van der Waals surface area contributed by atoms with E-state index >= 15 is 0 Å². The molecule has 4 aromatic rings. The van der Waals surface area contributed by atoms with Crippen molar-refractivity contribution in [2.45, 2.75) is 36.6 Å². The molecule has 10 heteroatoms. The third-order valence-corrected chi connectivity index (χ3v) is 9.01. The Morgan fingerprint density at radius 3 is 2.17 bits per heavy atom. The number of benzene rings is 4. The van der Waals surface area contributed by atoms with Crippen molar-refractivity contribution in [3.05, 3.63) is 119 Å². The number of fused-ring (bicyclic) bond motifs is 1. The second kappa shape index (κ2) is 11.6. The molecule has 218 valence electrons. The first-order chi connectivity index (χ1) is 19.9. The summed E-state index contributed by atoms with van der Waals surface area (Å²) in [6.07, 6.45) is -4.37. The third kappa shape index (κ3) is 6.05. The fraction of sp³-hybridized carbons (Fsp3) is 0.219. The number of nitrogens with zero attached hydrogens (tertiary/aromatic N) is 2. The molecule has 0 saturated heterocycles. The van der Waals surface area contributed by atoms with Gasteiger partial charge in [-0.2, -0.15) is 13.2 Å². The lowest BCUT2D eigenvalue weighted by Crippen LogP contribution is -2.47. The first-order valence-corrected chi connectivity index (χ1v) is 14.8. The molecule has 0 saturated carbocycles. The van der Waals surface area contributed by atoms with E-state index in [1.165, 1.54) is 42.5 Å². The summed E-state index contributed by atoms with van der Waals surface area (Å²) in [7, 11) is -0.276. The summed E-state index contributed by atoms with van der Waals surface area (Å²) in [6.45, 7) is 1.02. The van der Waals surface area contributed by atoms with Gasteiger partial charge in [0.2, 0.25) is 5.91 Å². The van der Waals surface area contributed by atoms with Crippen LogP contribution in [0.3, 0.4) is 0 Å². The van der Waals surface area contributed by atoms with E-state index in [-0.39, 0.29) is 29.0 Å². The first kappa shape index (κ1) is 29.3. The van der Waals surface area contributed by atoms with Crippen LogP contribution in [0.2, 0.25) is 0 Å². The number of para-hydroxylation sites is 1. The van der Waals surface area contributed by atoms with Crippen LogP contribution < -0.4 is 9.62 Å². The molecule has 0 fully saturated rings. The smallest absolute Gasteiger partial charge is 0.350 e. The minimum absolute atomic E-state index is 0.0486.